The smallest absolute Gasteiger partial charge is 0.309 e. The number of halogens is 1. The molecule has 110 valence electrons. The Bertz CT molecular complexity index is 507. The van der Waals surface area contributed by atoms with Crippen LogP contribution < -0.4 is 0 Å². The molecule has 1 aromatic rings. The number of nitrogens with zero attached hydrogens (tertiary/aromatic N) is 1. The first-order valence-electron chi connectivity index (χ1n) is 7.07. The zero-order valence-corrected chi connectivity index (χ0v) is 12.3. The Hall–Kier alpha value is -1.42. The Labute approximate surface area is 119 Å². The van der Waals surface area contributed by atoms with Crippen molar-refractivity contribution in [3.63, 3.8) is 0 Å². The van der Waals surface area contributed by atoms with Crippen molar-refractivity contribution in [3.8, 4) is 0 Å². The molecule has 0 aromatic heterocycles. The Balaban J connectivity index is 2.06. The molecule has 1 heterocycles. The second-order valence-electron chi connectivity index (χ2n) is 6.09. The summed E-state index contributed by atoms with van der Waals surface area (Å²) in [7, 11) is 0. The molecule has 1 atom stereocenters. The number of carboxylic acids is 1. The highest BCUT2D eigenvalue weighted by Crippen LogP contribution is 2.34. The van der Waals surface area contributed by atoms with E-state index in [0.717, 1.165) is 18.7 Å². The SMILES string of the molecule is Cc1ccc(C(C)N2CCC(C)(C(=O)O)CC2)cc1F. The number of carboxylic acid groups (broad SMARTS) is 1. The number of piperidine rings is 1. The van der Waals surface area contributed by atoms with Crippen LogP contribution in [0.25, 0.3) is 0 Å². The molecule has 0 aliphatic carbocycles. The lowest BCUT2D eigenvalue weighted by Gasteiger charge is -2.39. The van der Waals surface area contributed by atoms with E-state index in [1.54, 1.807) is 19.1 Å². The van der Waals surface area contributed by atoms with Gasteiger partial charge < -0.3 is 5.11 Å². The Morgan fingerprint density at radius 1 is 1.40 bits per heavy atom. The molecule has 0 bridgehead atoms. The number of carbonyl (C=O) groups is 1. The van der Waals surface area contributed by atoms with E-state index < -0.39 is 11.4 Å². The van der Waals surface area contributed by atoms with Gasteiger partial charge in [0.25, 0.3) is 0 Å². The van der Waals surface area contributed by atoms with Crippen molar-refractivity contribution in [1.29, 1.82) is 0 Å². The van der Waals surface area contributed by atoms with Crippen LogP contribution in [0.5, 0.6) is 0 Å². The summed E-state index contributed by atoms with van der Waals surface area (Å²) in [6.45, 7) is 7.08. The second-order valence-corrected chi connectivity index (χ2v) is 6.09. The first-order chi connectivity index (χ1) is 9.33. The molecular formula is C16H22FNO2. The lowest BCUT2D eigenvalue weighted by molar-refractivity contribution is -0.151. The third-order valence-electron chi connectivity index (χ3n) is 4.64. The van der Waals surface area contributed by atoms with E-state index in [4.69, 9.17) is 0 Å². The molecule has 2 rings (SSSR count). The summed E-state index contributed by atoms with van der Waals surface area (Å²) >= 11 is 0. The molecule has 0 radical (unpaired) electrons. The van der Waals surface area contributed by atoms with Crippen molar-refractivity contribution in [3.05, 3.63) is 35.1 Å². The molecule has 1 aromatic carbocycles. The minimum Gasteiger partial charge on any atom is -0.481 e. The highest BCUT2D eigenvalue weighted by atomic mass is 19.1. The predicted molar refractivity (Wildman–Crippen MR) is 76.1 cm³/mol. The van der Waals surface area contributed by atoms with Gasteiger partial charge in [0.2, 0.25) is 0 Å². The number of rotatable bonds is 3. The molecule has 1 aliphatic rings. The third-order valence-corrected chi connectivity index (χ3v) is 4.64. The maximum atomic E-state index is 13.6. The van der Waals surface area contributed by atoms with E-state index in [9.17, 15) is 14.3 Å². The number of likely N-dealkylation sites (tertiary alicyclic amines) is 1. The molecule has 4 heteroatoms. The van der Waals surface area contributed by atoms with Gasteiger partial charge in [-0.25, -0.2) is 4.39 Å². The summed E-state index contributed by atoms with van der Waals surface area (Å²) in [4.78, 5) is 13.5. The van der Waals surface area contributed by atoms with Crippen molar-refractivity contribution in [1.82, 2.24) is 4.90 Å². The fourth-order valence-corrected chi connectivity index (χ4v) is 2.70. The lowest BCUT2D eigenvalue weighted by Crippen LogP contribution is -2.43. The van der Waals surface area contributed by atoms with Crippen molar-refractivity contribution in [2.75, 3.05) is 13.1 Å². The molecule has 1 N–H and O–H groups in total. The normalized spacial score (nSPS) is 20.6. The van der Waals surface area contributed by atoms with Gasteiger partial charge in [0, 0.05) is 6.04 Å². The van der Waals surface area contributed by atoms with Gasteiger partial charge in [-0.05, 0) is 63.9 Å². The summed E-state index contributed by atoms with van der Waals surface area (Å²) in [5.41, 5.74) is 0.986. The highest BCUT2D eigenvalue weighted by molar-refractivity contribution is 5.74. The molecule has 0 amide bonds. The van der Waals surface area contributed by atoms with Gasteiger partial charge in [0.15, 0.2) is 0 Å². The largest absolute Gasteiger partial charge is 0.481 e. The average molecular weight is 279 g/mol. The number of aryl methyl sites for hydroxylation is 1. The maximum absolute atomic E-state index is 13.6. The maximum Gasteiger partial charge on any atom is 0.309 e. The third kappa shape index (κ3) is 2.85. The van der Waals surface area contributed by atoms with Crippen molar-refractivity contribution in [2.45, 2.75) is 39.7 Å². The number of hydrogen-bond acceptors (Lipinski definition) is 2. The molecule has 0 saturated carbocycles. The van der Waals surface area contributed by atoms with E-state index in [2.05, 4.69) is 4.90 Å². The summed E-state index contributed by atoms with van der Waals surface area (Å²) in [5.74, 6) is -0.895. The summed E-state index contributed by atoms with van der Waals surface area (Å²) < 4.78 is 13.6. The van der Waals surface area contributed by atoms with E-state index in [0.29, 0.717) is 18.4 Å². The van der Waals surface area contributed by atoms with Gasteiger partial charge in [-0.15, -0.1) is 0 Å². The fraction of sp³-hybridized carbons (Fsp3) is 0.562. The zero-order valence-electron chi connectivity index (χ0n) is 12.3. The first-order valence-corrected chi connectivity index (χ1v) is 7.07. The van der Waals surface area contributed by atoms with E-state index in [1.165, 1.54) is 0 Å². The van der Waals surface area contributed by atoms with Crippen LogP contribution >= 0.6 is 0 Å². The van der Waals surface area contributed by atoms with Gasteiger partial charge in [-0.1, -0.05) is 12.1 Å². The monoisotopic (exact) mass is 279 g/mol. The number of benzene rings is 1. The fourth-order valence-electron chi connectivity index (χ4n) is 2.70. The van der Waals surface area contributed by atoms with Gasteiger partial charge in [0.1, 0.15) is 5.82 Å². The highest BCUT2D eigenvalue weighted by Gasteiger charge is 2.37. The quantitative estimate of drug-likeness (QED) is 0.922. The van der Waals surface area contributed by atoms with Crippen LogP contribution in [0, 0.1) is 18.2 Å². The first kappa shape index (κ1) is 15.0. The minimum atomic E-state index is -0.716. The second kappa shape index (κ2) is 5.52. The Morgan fingerprint density at radius 2 is 2.00 bits per heavy atom. The van der Waals surface area contributed by atoms with Crippen LogP contribution in [-0.2, 0) is 4.79 Å². The van der Waals surface area contributed by atoms with E-state index >= 15 is 0 Å². The standard InChI is InChI=1S/C16H22FNO2/c1-11-4-5-13(10-14(11)17)12(2)18-8-6-16(3,7-9-18)15(19)20/h4-5,10,12H,6-9H2,1-3H3,(H,19,20). The minimum absolute atomic E-state index is 0.114. The number of hydrogen-bond donors (Lipinski definition) is 1. The number of aliphatic carboxylic acids is 1. The van der Waals surface area contributed by atoms with Gasteiger partial charge in [-0.2, -0.15) is 0 Å². The Morgan fingerprint density at radius 3 is 2.50 bits per heavy atom. The van der Waals surface area contributed by atoms with Gasteiger partial charge >= 0.3 is 5.97 Å². The van der Waals surface area contributed by atoms with Crippen molar-refractivity contribution >= 4 is 5.97 Å². The molecule has 1 aliphatic heterocycles. The predicted octanol–water partition coefficient (Wildman–Crippen LogP) is 3.38. The molecular weight excluding hydrogens is 257 g/mol. The molecule has 1 saturated heterocycles. The molecule has 20 heavy (non-hydrogen) atoms. The van der Waals surface area contributed by atoms with Gasteiger partial charge in [-0.3, -0.25) is 9.69 Å². The van der Waals surface area contributed by atoms with Crippen LogP contribution in [0.15, 0.2) is 18.2 Å². The van der Waals surface area contributed by atoms with Crippen LogP contribution in [0.1, 0.15) is 43.9 Å². The van der Waals surface area contributed by atoms with Gasteiger partial charge in [0.05, 0.1) is 5.41 Å². The van der Waals surface area contributed by atoms with Crippen molar-refractivity contribution in [2.24, 2.45) is 5.41 Å². The van der Waals surface area contributed by atoms with E-state index in [-0.39, 0.29) is 11.9 Å². The zero-order chi connectivity index (χ0) is 14.9. The summed E-state index contributed by atoms with van der Waals surface area (Å²) in [5, 5.41) is 9.24. The molecule has 1 fully saturated rings. The van der Waals surface area contributed by atoms with Crippen LogP contribution in [-0.4, -0.2) is 29.1 Å². The topological polar surface area (TPSA) is 40.5 Å². The summed E-state index contributed by atoms with van der Waals surface area (Å²) in [6.07, 6.45) is 1.28. The van der Waals surface area contributed by atoms with Crippen molar-refractivity contribution < 1.29 is 14.3 Å². The van der Waals surface area contributed by atoms with Crippen LogP contribution in [0.4, 0.5) is 4.39 Å². The Kier molecular flexibility index (Phi) is 4.14. The summed E-state index contributed by atoms with van der Waals surface area (Å²) in [6, 6.07) is 5.45. The molecule has 1 unspecified atom stereocenters. The lowest BCUT2D eigenvalue weighted by atomic mass is 9.80. The average Bonchev–Trinajstić information content (AvgIpc) is 2.42. The molecule has 3 nitrogen and oxygen atoms in total. The van der Waals surface area contributed by atoms with Crippen LogP contribution in [0.2, 0.25) is 0 Å². The van der Waals surface area contributed by atoms with E-state index in [1.807, 2.05) is 19.9 Å². The molecule has 0 spiro atoms. The van der Waals surface area contributed by atoms with Crippen LogP contribution in [0.3, 0.4) is 0 Å².